The summed E-state index contributed by atoms with van der Waals surface area (Å²) in [7, 11) is 0. The summed E-state index contributed by atoms with van der Waals surface area (Å²) in [6, 6.07) is 21.2. The Hall–Kier alpha value is -4.76. The van der Waals surface area contributed by atoms with E-state index in [1.165, 1.54) is 6.07 Å². The number of hydrogen-bond donors (Lipinski definition) is 2. The van der Waals surface area contributed by atoms with Gasteiger partial charge in [0.25, 0.3) is 11.8 Å². The smallest absolute Gasteiger partial charge is 0.335 e. The van der Waals surface area contributed by atoms with E-state index in [1.54, 1.807) is 46.0 Å². The van der Waals surface area contributed by atoms with E-state index in [9.17, 15) is 24.6 Å². The Labute approximate surface area is 270 Å². The molecule has 0 bridgehead atoms. The fourth-order valence-corrected chi connectivity index (χ4v) is 6.04. The number of carbonyl (C=O) groups excluding carboxylic acids is 2. The second-order valence-electron chi connectivity index (χ2n) is 11.9. The predicted octanol–water partition coefficient (Wildman–Crippen LogP) is 6.15. The Balaban J connectivity index is 1.59. The molecule has 4 aromatic rings. The lowest BCUT2D eigenvalue weighted by molar-refractivity contribution is 0.0543. The van der Waals surface area contributed by atoms with Crippen LogP contribution in [0.5, 0.6) is 0 Å². The number of carboxylic acid groups (broad SMARTS) is 1. The van der Waals surface area contributed by atoms with E-state index in [1.807, 2.05) is 42.2 Å². The molecule has 3 aromatic carbocycles. The number of carbonyl (C=O) groups is 3. The fraction of sp³-hybridized carbons (Fsp3) is 0.351. The van der Waals surface area contributed by atoms with E-state index < -0.39 is 12.0 Å². The van der Waals surface area contributed by atoms with Crippen LogP contribution in [-0.2, 0) is 13.0 Å². The van der Waals surface area contributed by atoms with Gasteiger partial charge in [0.05, 0.1) is 29.5 Å². The van der Waals surface area contributed by atoms with Crippen molar-refractivity contribution in [1.82, 2.24) is 19.6 Å². The number of aromatic nitrogens is 2. The van der Waals surface area contributed by atoms with Crippen LogP contribution < -0.4 is 0 Å². The van der Waals surface area contributed by atoms with Crippen LogP contribution in [-0.4, -0.2) is 73.3 Å². The number of nitrogens with zero attached hydrogens (tertiary/aromatic N) is 4. The molecule has 5 rings (SSSR count). The van der Waals surface area contributed by atoms with Gasteiger partial charge in [-0.3, -0.25) is 9.59 Å². The minimum absolute atomic E-state index is 0.133. The number of unbranched alkanes of at least 4 members (excludes halogenated alkanes) is 2. The molecule has 1 unspecified atom stereocenters. The van der Waals surface area contributed by atoms with Gasteiger partial charge in [0.1, 0.15) is 0 Å². The van der Waals surface area contributed by atoms with Crippen molar-refractivity contribution in [2.24, 2.45) is 0 Å². The highest BCUT2D eigenvalue weighted by Gasteiger charge is 2.32. The van der Waals surface area contributed by atoms with Gasteiger partial charge in [-0.2, -0.15) is 5.10 Å². The van der Waals surface area contributed by atoms with E-state index in [0.29, 0.717) is 59.8 Å². The SMILES string of the molecule is CCCCN(CCCC)C(=O)c1cc(C)n(-c2ccc(-c3cccc(C(=O)O)c3)cc2C(=O)N2Cc3ccccc3CC2CO)n1. The molecule has 0 spiro atoms. The van der Waals surface area contributed by atoms with Gasteiger partial charge in [-0.25, -0.2) is 9.48 Å². The van der Waals surface area contributed by atoms with Gasteiger partial charge in [-0.05, 0) is 78.8 Å². The van der Waals surface area contributed by atoms with Gasteiger partial charge < -0.3 is 20.0 Å². The maximum atomic E-state index is 14.5. The standard InChI is InChI=1S/C37H42N4O5/c1-4-6-17-39(18-7-5-2)36(44)33-19-25(3)41(38-33)34-16-15-28(26-13-10-14-29(20-26)37(45)46)22-32(34)35(43)40-23-30-12-9-8-11-27(30)21-31(40)24-42/h8-16,19-20,22,31,42H,4-7,17-18,21,23-24H2,1-3H3,(H,45,46). The van der Waals surface area contributed by atoms with Crippen molar-refractivity contribution in [3.63, 3.8) is 0 Å². The Morgan fingerprint density at radius 2 is 1.59 bits per heavy atom. The van der Waals surface area contributed by atoms with Crippen LogP contribution in [0.1, 0.15) is 87.6 Å². The zero-order valence-corrected chi connectivity index (χ0v) is 26.8. The predicted molar refractivity (Wildman–Crippen MR) is 177 cm³/mol. The van der Waals surface area contributed by atoms with Crippen LogP contribution in [0, 0.1) is 6.92 Å². The highest BCUT2D eigenvalue weighted by atomic mass is 16.4. The summed E-state index contributed by atoms with van der Waals surface area (Å²) in [4.78, 5) is 43.4. The van der Waals surface area contributed by atoms with Crippen molar-refractivity contribution >= 4 is 17.8 Å². The molecule has 240 valence electrons. The third-order valence-electron chi connectivity index (χ3n) is 8.68. The van der Waals surface area contributed by atoms with Crippen molar-refractivity contribution in [2.45, 2.75) is 65.5 Å². The largest absolute Gasteiger partial charge is 0.478 e. The fourth-order valence-electron chi connectivity index (χ4n) is 6.04. The Kier molecular flexibility index (Phi) is 10.3. The third-order valence-corrected chi connectivity index (χ3v) is 8.68. The number of aromatic carboxylic acids is 1. The number of hydrogen-bond acceptors (Lipinski definition) is 5. The lowest BCUT2D eigenvalue weighted by atomic mass is 9.93. The summed E-state index contributed by atoms with van der Waals surface area (Å²) in [5.41, 5.74) is 5.45. The number of rotatable bonds is 12. The van der Waals surface area contributed by atoms with E-state index in [4.69, 9.17) is 5.10 Å². The minimum atomic E-state index is -1.04. The summed E-state index contributed by atoms with van der Waals surface area (Å²) in [6.45, 7) is 7.53. The molecule has 0 saturated heterocycles. The first kappa shape index (κ1) is 32.6. The number of carboxylic acids is 1. The summed E-state index contributed by atoms with van der Waals surface area (Å²) < 4.78 is 1.64. The number of amides is 2. The van der Waals surface area contributed by atoms with E-state index in [2.05, 4.69) is 13.8 Å². The van der Waals surface area contributed by atoms with Crippen LogP contribution in [0.25, 0.3) is 16.8 Å². The first-order valence-corrected chi connectivity index (χ1v) is 16.1. The topological polar surface area (TPSA) is 116 Å². The third kappa shape index (κ3) is 6.89. The monoisotopic (exact) mass is 622 g/mol. The van der Waals surface area contributed by atoms with Crippen LogP contribution in [0.3, 0.4) is 0 Å². The summed E-state index contributed by atoms with van der Waals surface area (Å²) in [5.74, 6) is -1.45. The van der Waals surface area contributed by atoms with Crippen molar-refractivity contribution in [3.8, 4) is 16.8 Å². The highest BCUT2D eigenvalue weighted by molar-refractivity contribution is 6.00. The molecule has 1 aliphatic heterocycles. The van der Waals surface area contributed by atoms with Crippen molar-refractivity contribution in [2.75, 3.05) is 19.7 Å². The van der Waals surface area contributed by atoms with Crippen LogP contribution in [0.15, 0.2) is 72.8 Å². The molecule has 0 fully saturated rings. The maximum Gasteiger partial charge on any atom is 0.335 e. The molecule has 2 N–H and O–H groups in total. The molecule has 1 aliphatic rings. The molecular formula is C37H42N4O5. The maximum absolute atomic E-state index is 14.5. The van der Waals surface area contributed by atoms with Crippen molar-refractivity contribution < 1.29 is 24.6 Å². The van der Waals surface area contributed by atoms with E-state index in [-0.39, 0.29) is 24.0 Å². The lowest BCUT2D eigenvalue weighted by Crippen LogP contribution is -2.46. The number of aliphatic hydroxyl groups excluding tert-OH is 1. The van der Waals surface area contributed by atoms with Crippen molar-refractivity contribution in [3.05, 3.63) is 106 Å². The summed E-state index contributed by atoms with van der Waals surface area (Å²) in [6.07, 6.45) is 4.30. The normalized spacial score (nSPS) is 14.2. The molecule has 9 nitrogen and oxygen atoms in total. The van der Waals surface area contributed by atoms with Crippen LogP contribution in [0.4, 0.5) is 0 Å². The van der Waals surface area contributed by atoms with E-state index >= 15 is 0 Å². The van der Waals surface area contributed by atoms with Gasteiger partial charge >= 0.3 is 5.97 Å². The van der Waals surface area contributed by atoms with Gasteiger partial charge in [0.15, 0.2) is 5.69 Å². The average Bonchev–Trinajstić information content (AvgIpc) is 3.47. The zero-order valence-electron chi connectivity index (χ0n) is 26.8. The second-order valence-corrected chi connectivity index (χ2v) is 11.9. The molecule has 46 heavy (non-hydrogen) atoms. The summed E-state index contributed by atoms with van der Waals surface area (Å²) >= 11 is 0. The molecule has 1 aromatic heterocycles. The first-order valence-electron chi connectivity index (χ1n) is 16.1. The number of benzene rings is 3. The zero-order chi connectivity index (χ0) is 32.8. The number of aryl methyl sites for hydroxylation is 1. The van der Waals surface area contributed by atoms with Crippen LogP contribution >= 0.6 is 0 Å². The molecule has 2 amide bonds. The molecule has 0 saturated carbocycles. The van der Waals surface area contributed by atoms with Gasteiger partial charge in [0, 0.05) is 25.3 Å². The van der Waals surface area contributed by atoms with Crippen molar-refractivity contribution in [1.29, 1.82) is 0 Å². The van der Waals surface area contributed by atoms with Gasteiger partial charge in [-0.15, -0.1) is 0 Å². The Bertz CT molecular complexity index is 1720. The number of fused-ring (bicyclic) bond motifs is 1. The lowest BCUT2D eigenvalue weighted by Gasteiger charge is -2.36. The van der Waals surface area contributed by atoms with Gasteiger partial charge in [-0.1, -0.05) is 69.2 Å². The Morgan fingerprint density at radius 1 is 0.891 bits per heavy atom. The molecular weight excluding hydrogens is 580 g/mol. The van der Waals surface area contributed by atoms with Gasteiger partial charge in [0.2, 0.25) is 0 Å². The second kappa shape index (κ2) is 14.6. The molecule has 2 heterocycles. The average molecular weight is 623 g/mol. The van der Waals surface area contributed by atoms with E-state index in [0.717, 1.165) is 36.8 Å². The Morgan fingerprint density at radius 3 is 2.26 bits per heavy atom. The van der Waals surface area contributed by atoms with Crippen LogP contribution in [0.2, 0.25) is 0 Å². The molecule has 0 radical (unpaired) electrons. The summed E-state index contributed by atoms with van der Waals surface area (Å²) in [5, 5.41) is 24.7. The quantitative estimate of drug-likeness (QED) is 0.196. The first-order chi connectivity index (χ1) is 22.2. The molecule has 1 atom stereocenters. The minimum Gasteiger partial charge on any atom is -0.478 e. The highest BCUT2D eigenvalue weighted by Crippen LogP contribution is 2.31. The number of aliphatic hydroxyl groups is 1. The molecule has 0 aliphatic carbocycles. The molecule has 9 heteroatoms.